The van der Waals surface area contributed by atoms with Gasteiger partial charge in [-0.25, -0.2) is 4.79 Å². The first kappa shape index (κ1) is 18.4. The summed E-state index contributed by atoms with van der Waals surface area (Å²) < 4.78 is 12.1. The van der Waals surface area contributed by atoms with Crippen molar-refractivity contribution in [1.29, 1.82) is 0 Å². The number of nitrogens with one attached hydrogen (secondary N) is 2. The van der Waals surface area contributed by atoms with E-state index in [1.54, 1.807) is 30.7 Å². The Labute approximate surface area is 165 Å². The van der Waals surface area contributed by atoms with Crippen molar-refractivity contribution >= 4 is 11.7 Å². The highest BCUT2D eigenvalue weighted by Gasteiger charge is 2.11. The molecule has 0 bridgehead atoms. The zero-order chi connectivity index (χ0) is 20.2. The third-order valence-corrected chi connectivity index (χ3v) is 4.25. The molecule has 10 nitrogen and oxygen atoms in total. The van der Waals surface area contributed by atoms with Crippen molar-refractivity contribution < 1.29 is 14.1 Å². The highest BCUT2D eigenvalue weighted by atomic mass is 16.5. The van der Waals surface area contributed by atoms with Gasteiger partial charge in [0.2, 0.25) is 0 Å². The van der Waals surface area contributed by atoms with Gasteiger partial charge < -0.3 is 19.9 Å². The van der Waals surface area contributed by atoms with Gasteiger partial charge in [0, 0.05) is 18.3 Å². The van der Waals surface area contributed by atoms with Crippen LogP contribution in [0.15, 0.2) is 47.1 Å². The number of aryl methyl sites for hydroxylation is 1. The largest absolute Gasteiger partial charge is 0.497 e. The van der Waals surface area contributed by atoms with Crippen molar-refractivity contribution in [2.24, 2.45) is 0 Å². The van der Waals surface area contributed by atoms with Crippen molar-refractivity contribution in [3.63, 3.8) is 0 Å². The van der Waals surface area contributed by atoms with E-state index in [2.05, 4.69) is 31.0 Å². The van der Waals surface area contributed by atoms with E-state index in [1.165, 1.54) is 0 Å². The van der Waals surface area contributed by atoms with E-state index in [0.29, 0.717) is 29.7 Å². The number of methoxy groups -OCH3 is 1. The molecule has 0 radical (unpaired) electrons. The molecule has 3 aromatic heterocycles. The summed E-state index contributed by atoms with van der Waals surface area (Å²) in [5, 5.41) is 17.6. The Morgan fingerprint density at radius 3 is 2.83 bits per heavy atom. The highest BCUT2D eigenvalue weighted by Crippen LogP contribution is 2.18. The fourth-order valence-electron chi connectivity index (χ4n) is 2.79. The SMILES string of the molecule is COc1cccc(CNC(=O)NCc2nnc3cc(-c4nc(C)no4)ccn23)c1. The molecular weight excluding hydrogens is 374 g/mol. The summed E-state index contributed by atoms with van der Waals surface area (Å²) in [4.78, 5) is 16.3. The molecule has 0 aliphatic heterocycles. The first-order chi connectivity index (χ1) is 14.1. The normalized spacial score (nSPS) is 10.8. The van der Waals surface area contributed by atoms with Crippen molar-refractivity contribution in [3.8, 4) is 17.2 Å². The molecule has 0 unspecified atom stereocenters. The number of pyridine rings is 1. The number of rotatable bonds is 6. The van der Waals surface area contributed by atoms with E-state index >= 15 is 0 Å². The molecule has 0 fully saturated rings. The van der Waals surface area contributed by atoms with Gasteiger partial charge >= 0.3 is 6.03 Å². The van der Waals surface area contributed by atoms with Gasteiger partial charge in [-0.3, -0.25) is 4.40 Å². The maximum Gasteiger partial charge on any atom is 0.315 e. The number of ether oxygens (including phenoxy) is 1. The standard InChI is InChI=1S/C19H19N7O3/c1-12-22-18(29-25-12)14-6-7-26-16(9-14)23-24-17(26)11-21-19(27)20-10-13-4-3-5-15(8-13)28-2/h3-9H,10-11H2,1-2H3,(H2,20,21,27). The average Bonchev–Trinajstić information content (AvgIpc) is 3.36. The molecule has 148 valence electrons. The Morgan fingerprint density at radius 2 is 2.03 bits per heavy atom. The van der Waals surface area contributed by atoms with E-state index in [0.717, 1.165) is 16.9 Å². The van der Waals surface area contributed by atoms with Gasteiger partial charge in [-0.1, -0.05) is 17.3 Å². The second-order valence-electron chi connectivity index (χ2n) is 6.29. The van der Waals surface area contributed by atoms with Gasteiger partial charge in [-0.2, -0.15) is 4.98 Å². The lowest BCUT2D eigenvalue weighted by molar-refractivity contribution is 0.240. The van der Waals surface area contributed by atoms with Crippen molar-refractivity contribution in [1.82, 2.24) is 35.4 Å². The minimum absolute atomic E-state index is 0.226. The highest BCUT2D eigenvalue weighted by molar-refractivity contribution is 5.73. The lowest BCUT2D eigenvalue weighted by atomic mass is 10.2. The maximum atomic E-state index is 12.1. The number of carbonyl (C=O) groups is 1. The number of urea groups is 1. The first-order valence-corrected chi connectivity index (χ1v) is 8.91. The smallest absolute Gasteiger partial charge is 0.315 e. The van der Waals surface area contributed by atoms with Crippen LogP contribution in [0.2, 0.25) is 0 Å². The molecular formula is C19H19N7O3. The van der Waals surface area contributed by atoms with Crippen LogP contribution in [-0.2, 0) is 13.1 Å². The number of fused-ring (bicyclic) bond motifs is 1. The van der Waals surface area contributed by atoms with E-state index in [-0.39, 0.29) is 12.6 Å². The fraction of sp³-hybridized carbons (Fsp3) is 0.211. The molecule has 0 aliphatic rings. The average molecular weight is 393 g/mol. The lowest BCUT2D eigenvalue weighted by Crippen LogP contribution is -2.35. The van der Waals surface area contributed by atoms with Crippen molar-refractivity contribution in [3.05, 3.63) is 59.8 Å². The summed E-state index contributed by atoms with van der Waals surface area (Å²) in [6, 6.07) is 10.8. The molecule has 0 saturated carbocycles. The van der Waals surface area contributed by atoms with Crippen LogP contribution in [0.4, 0.5) is 4.79 Å². The van der Waals surface area contributed by atoms with Gasteiger partial charge in [0.25, 0.3) is 5.89 Å². The molecule has 10 heteroatoms. The van der Waals surface area contributed by atoms with Crippen LogP contribution in [0.1, 0.15) is 17.2 Å². The quantitative estimate of drug-likeness (QED) is 0.515. The summed E-state index contributed by atoms with van der Waals surface area (Å²) in [5.41, 5.74) is 2.31. The van der Waals surface area contributed by atoms with Gasteiger partial charge in [-0.05, 0) is 36.8 Å². The summed E-state index contributed by atoms with van der Waals surface area (Å²) >= 11 is 0. The topological polar surface area (TPSA) is 119 Å². The second-order valence-corrected chi connectivity index (χ2v) is 6.29. The fourth-order valence-corrected chi connectivity index (χ4v) is 2.79. The van der Waals surface area contributed by atoms with Crippen molar-refractivity contribution in [2.75, 3.05) is 7.11 Å². The maximum absolute atomic E-state index is 12.1. The minimum Gasteiger partial charge on any atom is -0.497 e. The predicted molar refractivity (Wildman–Crippen MR) is 103 cm³/mol. The first-order valence-electron chi connectivity index (χ1n) is 8.91. The van der Waals surface area contributed by atoms with E-state index in [4.69, 9.17) is 9.26 Å². The van der Waals surface area contributed by atoms with Gasteiger partial charge in [-0.15, -0.1) is 10.2 Å². The molecule has 0 aliphatic carbocycles. The third-order valence-electron chi connectivity index (χ3n) is 4.25. The third kappa shape index (κ3) is 4.15. The Kier molecular flexibility index (Phi) is 5.06. The number of hydrogen-bond donors (Lipinski definition) is 2. The monoisotopic (exact) mass is 393 g/mol. The molecule has 29 heavy (non-hydrogen) atoms. The van der Waals surface area contributed by atoms with Crippen molar-refractivity contribution in [2.45, 2.75) is 20.0 Å². The molecule has 2 N–H and O–H groups in total. The van der Waals surface area contributed by atoms with E-state index in [1.807, 2.05) is 30.3 Å². The van der Waals surface area contributed by atoms with Crippen LogP contribution >= 0.6 is 0 Å². The molecule has 0 saturated heterocycles. The number of carbonyl (C=O) groups excluding carboxylic acids is 1. The summed E-state index contributed by atoms with van der Waals surface area (Å²) in [6.45, 7) is 2.37. The van der Waals surface area contributed by atoms with Crippen LogP contribution in [0.25, 0.3) is 17.1 Å². The zero-order valence-electron chi connectivity index (χ0n) is 15.9. The van der Waals surface area contributed by atoms with Crippen LogP contribution in [0, 0.1) is 6.92 Å². The van der Waals surface area contributed by atoms with Crippen LogP contribution in [0.5, 0.6) is 5.75 Å². The molecule has 3 heterocycles. The van der Waals surface area contributed by atoms with E-state index < -0.39 is 0 Å². The van der Waals surface area contributed by atoms with Crippen LogP contribution in [0.3, 0.4) is 0 Å². The summed E-state index contributed by atoms with van der Waals surface area (Å²) in [6.07, 6.45) is 1.80. The minimum atomic E-state index is -0.303. The predicted octanol–water partition coefficient (Wildman–Crippen LogP) is 2.10. The number of hydrogen-bond acceptors (Lipinski definition) is 7. The number of benzene rings is 1. The number of nitrogens with zero attached hydrogens (tertiary/aromatic N) is 5. The summed E-state index contributed by atoms with van der Waals surface area (Å²) in [5.74, 6) is 2.33. The molecule has 1 aromatic carbocycles. The van der Waals surface area contributed by atoms with Gasteiger partial charge in [0.05, 0.1) is 13.7 Å². The number of amides is 2. The van der Waals surface area contributed by atoms with Crippen LogP contribution in [-0.4, -0.2) is 37.9 Å². The van der Waals surface area contributed by atoms with Gasteiger partial charge in [0.1, 0.15) is 5.75 Å². The molecule has 4 rings (SSSR count). The Balaban J connectivity index is 1.37. The Bertz CT molecular complexity index is 1150. The van der Waals surface area contributed by atoms with E-state index in [9.17, 15) is 4.79 Å². The molecule has 2 amide bonds. The Morgan fingerprint density at radius 1 is 1.17 bits per heavy atom. The van der Waals surface area contributed by atoms with Gasteiger partial charge in [0.15, 0.2) is 17.3 Å². The molecule has 4 aromatic rings. The lowest BCUT2D eigenvalue weighted by Gasteiger charge is -2.08. The Hall–Kier alpha value is -3.95. The second kappa shape index (κ2) is 7.97. The number of aromatic nitrogens is 5. The summed E-state index contributed by atoms with van der Waals surface area (Å²) in [7, 11) is 1.61. The molecule has 0 spiro atoms. The zero-order valence-corrected chi connectivity index (χ0v) is 15.9. The molecule has 0 atom stereocenters. The van der Waals surface area contributed by atoms with Crippen LogP contribution < -0.4 is 15.4 Å².